The predicted octanol–water partition coefficient (Wildman–Crippen LogP) is 2.31. The number of carbonyl (C=O) groups excluding carboxylic acids is 1. The SMILES string of the molecule is CC(C)CCNC(=O)c1cn(C)c2ccccc2c1=O. The number of hydrogen-bond acceptors (Lipinski definition) is 2. The molecule has 0 spiro atoms. The molecule has 0 radical (unpaired) electrons. The Balaban J connectivity index is 2.33. The molecule has 1 aromatic carbocycles. The minimum absolute atomic E-state index is 0.204. The number of aryl methyl sites for hydroxylation is 1. The van der Waals surface area contributed by atoms with Crippen LogP contribution >= 0.6 is 0 Å². The molecule has 0 aliphatic carbocycles. The molecule has 2 rings (SSSR count). The van der Waals surface area contributed by atoms with E-state index in [1.807, 2.05) is 29.8 Å². The van der Waals surface area contributed by atoms with Gasteiger partial charge in [-0.15, -0.1) is 0 Å². The van der Waals surface area contributed by atoms with E-state index < -0.39 is 0 Å². The molecule has 4 nitrogen and oxygen atoms in total. The highest BCUT2D eigenvalue weighted by Gasteiger charge is 2.13. The summed E-state index contributed by atoms with van der Waals surface area (Å²) in [6.45, 7) is 4.79. The minimum Gasteiger partial charge on any atom is -0.352 e. The van der Waals surface area contributed by atoms with E-state index in [4.69, 9.17) is 0 Å². The Hall–Kier alpha value is -2.10. The van der Waals surface area contributed by atoms with Gasteiger partial charge in [-0.3, -0.25) is 9.59 Å². The monoisotopic (exact) mass is 272 g/mol. The first-order chi connectivity index (χ1) is 9.50. The van der Waals surface area contributed by atoms with E-state index in [1.165, 1.54) is 0 Å². The molecular weight excluding hydrogens is 252 g/mol. The van der Waals surface area contributed by atoms with Crippen molar-refractivity contribution in [2.45, 2.75) is 20.3 Å². The van der Waals surface area contributed by atoms with E-state index in [0.717, 1.165) is 11.9 Å². The van der Waals surface area contributed by atoms with Crippen molar-refractivity contribution >= 4 is 16.8 Å². The molecule has 106 valence electrons. The molecule has 2 aromatic rings. The Labute approximate surface area is 118 Å². The Bertz CT molecular complexity index is 686. The largest absolute Gasteiger partial charge is 0.352 e. The smallest absolute Gasteiger partial charge is 0.256 e. The van der Waals surface area contributed by atoms with Crippen LogP contribution in [0.3, 0.4) is 0 Å². The van der Waals surface area contributed by atoms with Crippen LogP contribution in [0.4, 0.5) is 0 Å². The normalized spacial score (nSPS) is 11.0. The van der Waals surface area contributed by atoms with Crippen LogP contribution in [0, 0.1) is 5.92 Å². The van der Waals surface area contributed by atoms with Gasteiger partial charge >= 0.3 is 0 Å². The van der Waals surface area contributed by atoms with Gasteiger partial charge < -0.3 is 9.88 Å². The Morgan fingerprint density at radius 2 is 2.00 bits per heavy atom. The molecule has 20 heavy (non-hydrogen) atoms. The van der Waals surface area contributed by atoms with Gasteiger partial charge in [0.05, 0.1) is 5.52 Å². The third-order valence-electron chi connectivity index (χ3n) is 3.35. The molecule has 0 bridgehead atoms. The van der Waals surface area contributed by atoms with Crippen molar-refractivity contribution in [1.82, 2.24) is 9.88 Å². The maximum Gasteiger partial charge on any atom is 0.256 e. The lowest BCUT2D eigenvalue weighted by molar-refractivity contribution is 0.0950. The van der Waals surface area contributed by atoms with Crippen LogP contribution in [-0.2, 0) is 7.05 Å². The van der Waals surface area contributed by atoms with Gasteiger partial charge in [0.25, 0.3) is 5.91 Å². The van der Waals surface area contributed by atoms with Gasteiger partial charge in [-0.05, 0) is 24.5 Å². The van der Waals surface area contributed by atoms with Gasteiger partial charge in [0.2, 0.25) is 5.43 Å². The molecule has 1 heterocycles. The van der Waals surface area contributed by atoms with Crippen LogP contribution in [0.15, 0.2) is 35.3 Å². The van der Waals surface area contributed by atoms with Gasteiger partial charge in [0, 0.05) is 25.2 Å². The van der Waals surface area contributed by atoms with Crippen LogP contribution in [0.5, 0.6) is 0 Å². The van der Waals surface area contributed by atoms with Gasteiger partial charge in [-0.1, -0.05) is 26.0 Å². The fourth-order valence-electron chi connectivity index (χ4n) is 2.17. The summed E-state index contributed by atoms with van der Waals surface area (Å²) < 4.78 is 1.81. The number of hydrogen-bond donors (Lipinski definition) is 1. The first-order valence-corrected chi connectivity index (χ1v) is 6.87. The highest BCUT2D eigenvalue weighted by Crippen LogP contribution is 2.10. The zero-order valence-corrected chi connectivity index (χ0v) is 12.1. The number of carbonyl (C=O) groups is 1. The van der Waals surface area contributed by atoms with Gasteiger partial charge in [-0.2, -0.15) is 0 Å². The number of nitrogens with zero attached hydrogens (tertiary/aromatic N) is 1. The van der Waals surface area contributed by atoms with Crippen molar-refractivity contribution in [3.05, 3.63) is 46.2 Å². The standard InChI is InChI=1S/C16H20N2O2/c1-11(2)8-9-17-16(20)13-10-18(3)14-7-5-4-6-12(14)15(13)19/h4-7,10-11H,8-9H2,1-3H3,(H,17,20). The summed E-state index contributed by atoms with van der Waals surface area (Å²) in [6.07, 6.45) is 2.51. The number of aromatic nitrogens is 1. The second kappa shape index (κ2) is 5.90. The number of nitrogens with one attached hydrogen (secondary N) is 1. The van der Waals surface area contributed by atoms with Crippen molar-refractivity contribution in [1.29, 1.82) is 0 Å². The molecule has 1 aromatic heterocycles. The number of fused-ring (bicyclic) bond motifs is 1. The number of para-hydroxylation sites is 1. The van der Waals surface area contributed by atoms with Crippen molar-refractivity contribution in [3.63, 3.8) is 0 Å². The Morgan fingerprint density at radius 1 is 1.30 bits per heavy atom. The Morgan fingerprint density at radius 3 is 2.70 bits per heavy atom. The van der Waals surface area contributed by atoms with Gasteiger partial charge in [-0.25, -0.2) is 0 Å². The first-order valence-electron chi connectivity index (χ1n) is 6.87. The van der Waals surface area contributed by atoms with Crippen LogP contribution in [0.25, 0.3) is 10.9 Å². The van der Waals surface area contributed by atoms with E-state index in [2.05, 4.69) is 19.2 Å². The molecule has 1 amide bonds. The summed E-state index contributed by atoms with van der Waals surface area (Å²) >= 11 is 0. The summed E-state index contributed by atoms with van der Waals surface area (Å²) in [5, 5.41) is 3.39. The zero-order chi connectivity index (χ0) is 14.7. The van der Waals surface area contributed by atoms with Gasteiger partial charge in [0.15, 0.2) is 0 Å². The van der Waals surface area contributed by atoms with Crippen molar-refractivity contribution < 1.29 is 4.79 Å². The lowest BCUT2D eigenvalue weighted by Gasteiger charge is -2.10. The maximum absolute atomic E-state index is 12.3. The number of amides is 1. The van der Waals surface area contributed by atoms with Gasteiger partial charge in [0.1, 0.15) is 5.56 Å². The second-order valence-electron chi connectivity index (χ2n) is 5.44. The number of rotatable bonds is 4. The third kappa shape index (κ3) is 2.90. The number of benzene rings is 1. The summed E-state index contributed by atoms with van der Waals surface area (Å²) in [5.74, 6) is 0.228. The van der Waals surface area contributed by atoms with Crippen molar-refractivity contribution in [2.24, 2.45) is 13.0 Å². The van der Waals surface area contributed by atoms with E-state index in [9.17, 15) is 9.59 Å². The summed E-state index contributed by atoms with van der Waals surface area (Å²) in [4.78, 5) is 24.5. The van der Waals surface area contributed by atoms with Crippen LogP contribution in [0.2, 0.25) is 0 Å². The molecule has 0 saturated heterocycles. The average molecular weight is 272 g/mol. The van der Waals surface area contributed by atoms with E-state index >= 15 is 0 Å². The summed E-state index contributed by atoms with van der Waals surface area (Å²) in [6, 6.07) is 7.31. The molecule has 0 atom stereocenters. The molecule has 1 N–H and O–H groups in total. The predicted molar refractivity (Wildman–Crippen MR) is 81.0 cm³/mol. The first kappa shape index (κ1) is 14.3. The molecule has 0 aliphatic heterocycles. The maximum atomic E-state index is 12.3. The molecular formula is C16H20N2O2. The minimum atomic E-state index is -0.294. The summed E-state index contributed by atoms with van der Waals surface area (Å²) in [5.41, 5.74) is 0.826. The molecule has 0 unspecified atom stereocenters. The van der Waals surface area contributed by atoms with Crippen LogP contribution in [0.1, 0.15) is 30.6 Å². The second-order valence-corrected chi connectivity index (χ2v) is 5.44. The topological polar surface area (TPSA) is 51.1 Å². The van der Waals surface area contributed by atoms with E-state index in [0.29, 0.717) is 17.8 Å². The lowest BCUT2D eigenvalue weighted by atomic mass is 10.1. The quantitative estimate of drug-likeness (QED) is 0.928. The summed E-state index contributed by atoms with van der Waals surface area (Å²) in [7, 11) is 1.84. The van der Waals surface area contributed by atoms with Crippen LogP contribution < -0.4 is 10.7 Å². The molecule has 0 fully saturated rings. The average Bonchev–Trinajstić information content (AvgIpc) is 2.42. The third-order valence-corrected chi connectivity index (χ3v) is 3.35. The fourth-order valence-corrected chi connectivity index (χ4v) is 2.17. The van der Waals surface area contributed by atoms with E-state index in [-0.39, 0.29) is 16.9 Å². The molecule has 4 heteroatoms. The van der Waals surface area contributed by atoms with Crippen molar-refractivity contribution in [3.8, 4) is 0 Å². The highest BCUT2D eigenvalue weighted by atomic mass is 16.2. The number of pyridine rings is 1. The molecule has 0 aliphatic rings. The lowest BCUT2D eigenvalue weighted by Crippen LogP contribution is -2.30. The van der Waals surface area contributed by atoms with E-state index in [1.54, 1.807) is 12.3 Å². The Kier molecular flexibility index (Phi) is 4.23. The van der Waals surface area contributed by atoms with Crippen molar-refractivity contribution in [2.75, 3.05) is 6.54 Å². The fraction of sp³-hybridized carbons (Fsp3) is 0.375. The van der Waals surface area contributed by atoms with Crippen LogP contribution in [-0.4, -0.2) is 17.0 Å². The zero-order valence-electron chi connectivity index (χ0n) is 12.1. The molecule has 0 saturated carbocycles. The highest BCUT2D eigenvalue weighted by molar-refractivity contribution is 5.97.